The standard InChI is InChI=1S/C26H33N3O4/c1-6-14-32-22-13-12-19(16-23(22)33-15-7-2)18(5)27-25(30)24-20-10-8-9-11-21(20)26(31)29(28-24)17(3)4/h8-13,16-18H,6-7,14-15H2,1-5H3,(H,27,30). The average molecular weight is 452 g/mol. The fourth-order valence-electron chi connectivity index (χ4n) is 3.52. The summed E-state index contributed by atoms with van der Waals surface area (Å²) >= 11 is 0. The first kappa shape index (κ1) is 24.3. The summed E-state index contributed by atoms with van der Waals surface area (Å²) in [5.74, 6) is 1.03. The zero-order valence-electron chi connectivity index (χ0n) is 20.1. The number of rotatable bonds is 10. The van der Waals surface area contributed by atoms with Crippen LogP contribution >= 0.6 is 0 Å². The van der Waals surface area contributed by atoms with Crippen LogP contribution in [0.3, 0.4) is 0 Å². The van der Waals surface area contributed by atoms with E-state index in [0.717, 1.165) is 18.4 Å². The first-order chi connectivity index (χ1) is 15.9. The monoisotopic (exact) mass is 451 g/mol. The van der Waals surface area contributed by atoms with Gasteiger partial charge < -0.3 is 14.8 Å². The zero-order chi connectivity index (χ0) is 24.0. The van der Waals surface area contributed by atoms with Crippen LogP contribution in [0.4, 0.5) is 0 Å². The van der Waals surface area contributed by atoms with Gasteiger partial charge in [-0.2, -0.15) is 5.10 Å². The lowest BCUT2D eigenvalue weighted by molar-refractivity contribution is 0.0934. The van der Waals surface area contributed by atoms with E-state index in [2.05, 4.69) is 17.3 Å². The van der Waals surface area contributed by atoms with Gasteiger partial charge in [0.1, 0.15) is 0 Å². The number of hydrogen-bond acceptors (Lipinski definition) is 5. The van der Waals surface area contributed by atoms with Gasteiger partial charge >= 0.3 is 0 Å². The summed E-state index contributed by atoms with van der Waals surface area (Å²) in [5, 5.41) is 8.44. The van der Waals surface area contributed by atoms with Crippen LogP contribution in [-0.2, 0) is 0 Å². The lowest BCUT2D eigenvalue weighted by Crippen LogP contribution is -2.32. The second kappa shape index (κ2) is 11.0. The highest BCUT2D eigenvalue weighted by molar-refractivity contribution is 6.04. The molecule has 7 nitrogen and oxygen atoms in total. The maximum atomic E-state index is 13.2. The van der Waals surface area contributed by atoms with E-state index in [4.69, 9.17) is 9.47 Å². The number of aromatic nitrogens is 2. The fourth-order valence-corrected chi connectivity index (χ4v) is 3.52. The van der Waals surface area contributed by atoms with Gasteiger partial charge in [-0.25, -0.2) is 4.68 Å². The van der Waals surface area contributed by atoms with Crippen molar-refractivity contribution in [2.45, 2.75) is 59.5 Å². The number of nitrogens with one attached hydrogen (secondary N) is 1. The molecule has 0 spiro atoms. The van der Waals surface area contributed by atoms with Crippen molar-refractivity contribution in [3.05, 3.63) is 64.1 Å². The normalized spacial score (nSPS) is 12.1. The Morgan fingerprint density at radius 2 is 1.61 bits per heavy atom. The number of fused-ring (bicyclic) bond motifs is 1. The van der Waals surface area contributed by atoms with Crippen molar-refractivity contribution in [3.8, 4) is 11.5 Å². The van der Waals surface area contributed by atoms with Gasteiger partial charge in [0.05, 0.1) is 30.7 Å². The molecule has 1 unspecified atom stereocenters. The van der Waals surface area contributed by atoms with Crippen molar-refractivity contribution in [2.75, 3.05) is 13.2 Å². The van der Waals surface area contributed by atoms with Crippen molar-refractivity contribution < 1.29 is 14.3 Å². The number of ether oxygens (including phenoxy) is 2. The van der Waals surface area contributed by atoms with Crippen molar-refractivity contribution in [1.82, 2.24) is 15.1 Å². The van der Waals surface area contributed by atoms with Crippen LogP contribution in [-0.4, -0.2) is 28.9 Å². The highest BCUT2D eigenvalue weighted by Gasteiger charge is 2.20. The van der Waals surface area contributed by atoms with Crippen molar-refractivity contribution in [3.63, 3.8) is 0 Å². The molecule has 0 saturated carbocycles. The Morgan fingerprint density at radius 1 is 0.970 bits per heavy atom. The molecule has 0 aliphatic carbocycles. The largest absolute Gasteiger partial charge is 0.490 e. The van der Waals surface area contributed by atoms with Gasteiger partial charge in [0.15, 0.2) is 17.2 Å². The van der Waals surface area contributed by atoms with Gasteiger partial charge in [0, 0.05) is 5.39 Å². The molecular formula is C26H33N3O4. The highest BCUT2D eigenvalue weighted by atomic mass is 16.5. The van der Waals surface area contributed by atoms with Crippen molar-refractivity contribution in [1.29, 1.82) is 0 Å². The van der Waals surface area contributed by atoms with Gasteiger partial charge in [-0.3, -0.25) is 9.59 Å². The molecule has 1 aromatic heterocycles. The van der Waals surface area contributed by atoms with Crippen molar-refractivity contribution in [2.24, 2.45) is 0 Å². The quantitative estimate of drug-likeness (QED) is 0.467. The molecule has 1 heterocycles. The Bertz CT molecular complexity index is 1170. The van der Waals surface area contributed by atoms with Gasteiger partial charge in [0.25, 0.3) is 11.5 Å². The predicted molar refractivity (Wildman–Crippen MR) is 130 cm³/mol. The SMILES string of the molecule is CCCOc1ccc(C(C)NC(=O)c2nn(C(C)C)c(=O)c3ccccc23)cc1OCCC. The van der Waals surface area contributed by atoms with Crippen molar-refractivity contribution >= 4 is 16.7 Å². The molecule has 1 N–H and O–H groups in total. The van der Waals surface area contributed by atoms with Crippen LogP contribution in [0, 0.1) is 0 Å². The maximum Gasteiger partial charge on any atom is 0.274 e. The molecule has 0 aliphatic rings. The predicted octanol–water partition coefficient (Wildman–Crippen LogP) is 5.05. The smallest absolute Gasteiger partial charge is 0.274 e. The second-order valence-electron chi connectivity index (χ2n) is 8.34. The third-order valence-electron chi connectivity index (χ3n) is 5.27. The molecule has 0 bridgehead atoms. The van der Waals surface area contributed by atoms with E-state index in [9.17, 15) is 9.59 Å². The molecule has 0 aliphatic heterocycles. The summed E-state index contributed by atoms with van der Waals surface area (Å²) in [4.78, 5) is 26.0. The third-order valence-corrected chi connectivity index (χ3v) is 5.27. The molecule has 7 heteroatoms. The molecule has 33 heavy (non-hydrogen) atoms. The van der Waals surface area contributed by atoms with Crippen LogP contribution in [0.5, 0.6) is 11.5 Å². The number of carbonyl (C=O) groups excluding carboxylic acids is 1. The van der Waals surface area contributed by atoms with E-state index in [0.29, 0.717) is 35.5 Å². The molecule has 0 fully saturated rings. The Labute approximate surface area is 194 Å². The highest BCUT2D eigenvalue weighted by Crippen LogP contribution is 2.31. The van der Waals surface area contributed by atoms with E-state index >= 15 is 0 Å². The average Bonchev–Trinajstić information content (AvgIpc) is 2.81. The van der Waals surface area contributed by atoms with E-state index in [1.807, 2.05) is 45.9 Å². The molecule has 2 aromatic carbocycles. The Hall–Kier alpha value is -3.35. The molecular weight excluding hydrogens is 418 g/mol. The molecule has 0 radical (unpaired) electrons. The van der Waals surface area contributed by atoms with Crippen LogP contribution in [0.25, 0.3) is 10.8 Å². The Kier molecular flexibility index (Phi) is 8.09. The summed E-state index contributed by atoms with van der Waals surface area (Å²) in [6.45, 7) is 10.9. The van der Waals surface area contributed by atoms with Crippen LogP contribution in [0.15, 0.2) is 47.3 Å². The summed E-state index contributed by atoms with van der Waals surface area (Å²) in [6, 6.07) is 12.3. The number of amides is 1. The summed E-state index contributed by atoms with van der Waals surface area (Å²) < 4.78 is 13.1. The van der Waals surface area contributed by atoms with Gasteiger partial charge in [-0.1, -0.05) is 38.1 Å². The first-order valence-electron chi connectivity index (χ1n) is 11.6. The number of carbonyl (C=O) groups is 1. The lowest BCUT2D eigenvalue weighted by Gasteiger charge is -2.19. The molecule has 3 aromatic rings. The van der Waals surface area contributed by atoms with E-state index in [1.54, 1.807) is 24.3 Å². The minimum absolute atomic E-state index is 0.167. The minimum atomic E-state index is -0.338. The second-order valence-corrected chi connectivity index (χ2v) is 8.34. The van der Waals surface area contributed by atoms with Gasteiger partial charge in [0.2, 0.25) is 0 Å². The Balaban J connectivity index is 1.91. The maximum absolute atomic E-state index is 13.2. The molecule has 1 amide bonds. The molecule has 176 valence electrons. The number of hydrogen-bond donors (Lipinski definition) is 1. The fraction of sp³-hybridized carbons (Fsp3) is 0.423. The zero-order valence-corrected chi connectivity index (χ0v) is 20.1. The summed E-state index contributed by atoms with van der Waals surface area (Å²) in [6.07, 6.45) is 1.79. The van der Waals surface area contributed by atoms with E-state index in [-0.39, 0.29) is 29.2 Å². The van der Waals surface area contributed by atoms with Gasteiger partial charge in [-0.05, 0) is 57.4 Å². The lowest BCUT2D eigenvalue weighted by atomic mass is 10.1. The van der Waals surface area contributed by atoms with Crippen LogP contribution in [0.1, 0.15) is 75.6 Å². The summed E-state index contributed by atoms with van der Waals surface area (Å²) in [5.41, 5.74) is 0.918. The molecule has 1 atom stereocenters. The van der Waals surface area contributed by atoms with Crippen LogP contribution < -0.4 is 20.3 Å². The van der Waals surface area contributed by atoms with E-state index in [1.165, 1.54) is 4.68 Å². The number of nitrogens with zero attached hydrogens (tertiary/aromatic N) is 2. The third kappa shape index (κ3) is 5.53. The molecule has 3 rings (SSSR count). The van der Waals surface area contributed by atoms with Crippen LogP contribution in [0.2, 0.25) is 0 Å². The minimum Gasteiger partial charge on any atom is -0.490 e. The summed E-state index contributed by atoms with van der Waals surface area (Å²) in [7, 11) is 0. The topological polar surface area (TPSA) is 82.5 Å². The molecule has 0 saturated heterocycles. The first-order valence-corrected chi connectivity index (χ1v) is 11.6. The van der Waals surface area contributed by atoms with Gasteiger partial charge in [-0.15, -0.1) is 0 Å². The Morgan fingerprint density at radius 3 is 2.24 bits per heavy atom. The van der Waals surface area contributed by atoms with E-state index < -0.39 is 0 Å². The number of benzene rings is 2.